The quantitative estimate of drug-likeness (QED) is 0.606. The molecular formula is C8H18N2O3S. The first-order valence-corrected chi connectivity index (χ1v) is 6.29. The highest BCUT2D eigenvalue weighted by molar-refractivity contribution is 7.89. The number of hydrogen-bond acceptors (Lipinski definition) is 3. The Hall–Kier alpha value is -0.620. The minimum atomic E-state index is -3.14. The van der Waals surface area contributed by atoms with Crippen LogP contribution in [0.25, 0.3) is 0 Å². The summed E-state index contributed by atoms with van der Waals surface area (Å²) >= 11 is 0. The third-order valence-electron chi connectivity index (χ3n) is 1.65. The normalized spacial score (nSPS) is 11.7. The summed E-state index contributed by atoms with van der Waals surface area (Å²) in [5.74, 6) is -0.0797. The second-order valence-corrected chi connectivity index (χ2v) is 5.34. The lowest BCUT2D eigenvalue weighted by atomic mass is 10.2. The smallest absolute Gasteiger partial charge is 0.222 e. The molecule has 0 rings (SSSR count). The molecule has 0 aliphatic carbocycles. The van der Waals surface area contributed by atoms with Crippen LogP contribution >= 0.6 is 0 Å². The molecule has 0 aromatic carbocycles. The Kier molecular flexibility index (Phi) is 5.71. The molecule has 0 aromatic rings. The molecule has 0 heterocycles. The highest BCUT2D eigenvalue weighted by Crippen LogP contribution is 1.89. The van der Waals surface area contributed by atoms with Gasteiger partial charge in [0.1, 0.15) is 0 Å². The largest absolute Gasteiger partial charge is 0.355 e. The van der Waals surface area contributed by atoms with E-state index >= 15 is 0 Å². The van der Waals surface area contributed by atoms with Crippen molar-refractivity contribution in [2.45, 2.75) is 20.8 Å². The van der Waals surface area contributed by atoms with Gasteiger partial charge in [0, 0.05) is 19.0 Å². The van der Waals surface area contributed by atoms with Gasteiger partial charge >= 0.3 is 0 Å². The van der Waals surface area contributed by atoms with Crippen LogP contribution in [-0.2, 0) is 14.8 Å². The summed E-state index contributed by atoms with van der Waals surface area (Å²) in [6.07, 6.45) is 0. The topological polar surface area (TPSA) is 75.3 Å². The zero-order valence-corrected chi connectivity index (χ0v) is 9.65. The van der Waals surface area contributed by atoms with Crippen LogP contribution in [0.1, 0.15) is 20.8 Å². The van der Waals surface area contributed by atoms with Crippen molar-refractivity contribution in [1.29, 1.82) is 0 Å². The fourth-order valence-electron chi connectivity index (χ4n) is 0.698. The van der Waals surface area contributed by atoms with Crippen molar-refractivity contribution in [3.05, 3.63) is 0 Å². The number of nitrogens with one attached hydrogen (secondary N) is 2. The average molecular weight is 222 g/mol. The van der Waals surface area contributed by atoms with Gasteiger partial charge in [-0.05, 0) is 6.92 Å². The molecular weight excluding hydrogens is 204 g/mol. The predicted octanol–water partition coefficient (Wildman–Crippen LogP) is -0.302. The minimum Gasteiger partial charge on any atom is -0.355 e. The monoisotopic (exact) mass is 222 g/mol. The lowest BCUT2D eigenvalue weighted by Crippen LogP contribution is -2.36. The lowest BCUT2D eigenvalue weighted by Gasteiger charge is -2.08. The molecule has 0 unspecified atom stereocenters. The molecule has 0 bridgehead atoms. The van der Waals surface area contributed by atoms with Gasteiger partial charge in [-0.1, -0.05) is 13.8 Å². The molecule has 6 heteroatoms. The first-order valence-electron chi connectivity index (χ1n) is 4.64. The second kappa shape index (κ2) is 5.98. The molecule has 0 fully saturated rings. The molecule has 2 N–H and O–H groups in total. The van der Waals surface area contributed by atoms with Crippen molar-refractivity contribution in [2.24, 2.45) is 5.92 Å². The summed E-state index contributed by atoms with van der Waals surface area (Å²) in [5, 5.41) is 2.61. The number of rotatable bonds is 6. The van der Waals surface area contributed by atoms with Gasteiger partial charge in [0.2, 0.25) is 15.9 Å². The maximum atomic E-state index is 11.0. The highest BCUT2D eigenvalue weighted by atomic mass is 32.2. The van der Waals surface area contributed by atoms with E-state index in [1.54, 1.807) is 20.8 Å². The molecule has 84 valence electrons. The molecule has 0 saturated heterocycles. The summed E-state index contributed by atoms with van der Waals surface area (Å²) in [7, 11) is -3.14. The predicted molar refractivity (Wildman–Crippen MR) is 55.3 cm³/mol. The molecule has 1 amide bonds. The van der Waals surface area contributed by atoms with E-state index in [4.69, 9.17) is 0 Å². The van der Waals surface area contributed by atoms with Crippen LogP contribution in [0.2, 0.25) is 0 Å². The second-order valence-electron chi connectivity index (χ2n) is 3.24. The first-order chi connectivity index (χ1) is 6.39. The average Bonchev–Trinajstić information content (AvgIpc) is 2.12. The zero-order chi connectivity index (χ0) is 11.2. The fraction of sp³-hybridized carbons (Fsp3) is 0.875. The SMILES string of the molecule is CCS(=O)(=O)NCCNC(=O)C(C)C. The van der Waals surface area contributed by atoms with Crippen LogP contribution in [0.5, 0.6) is 0 Å². The van der Waals surface area contributed by atoms with Gasteiger partial charge in [0.15, 0.2) is 0 Å². The molecule has 14 heavy (non-hydrogen) atoms. The number of hydrogen-bond donors (Lipinski definition) is 2. The Bertz CT molecular complexity index is 272. The van der Waals surface area contributed by atoms with E-state index in [1.165, 1.54) is 0 Å². The summed E-state index contributed by atoms with van der Waals surface area (Å²) in [4.78, 5) is 11.0. The molecule has 0 radical (unpaired) electrons. The summed E-state index contributed by atoms with van der Waals surface area (Å²) in [6.45, 7) is 5.71. The van der Waals surface area contributed by atoms with E-state index in [-0.39, 0.29) is 24.1 Å². The van der Waals surface area contributed by atoms with Crippen LogP contribution in [0.3, 0.4) is 0 Å². The molecule has 0 aromatic heterocycles. The number of carbonyl (C=O) groups excluding carboxylic acids is 1. The van der Waals surface area contributed by atoms with Crippen LogP contribution in [0.4, 0.5) is 0 Å². The number of carbonyl (C=O) groups is 1. The van der Waals surface area contributed by atoms with Gasteiger partial charge in [-0.2, -0.15) is 0 Å². The van der Waals surface area contributed by atoms with Gasteiger partial charge in [-0.25, -0.2) is 13.1 Å². The highest BCUT2D eigenvalue weighted by Gasteiger charge is 2.07. The Morgan fingerprint density at radius 3 is 2.29 bits per heavy atom. The van der Waals surface area contributed by atoms with Crippen molar-refractivity contribution in [2.75, 3.05) is 18.8 Å². The molecule has 0 aliphatic heterocycles. The molecule has 0 atom stereocenters. The number of sulfonamides is 1. The Morgan fingerprint density at radius 2 is 1.86 bits per heavy atom. The van der Waals surface area contributed by atoms with Crippen LogP contribution in [0.15, 0.2) is 0 Å². The van der Waals surface area contributed by atoms with Crippen molar-refractivity contribution in [3.8, 4) is 0 Å². The number of amides is 1. The standard InChI is InChI=1S/C8H18N2O3S/c1-4-14(12,13)10-6-5-9-8(11)7(2)3/h7,10H,4-6H2,1-3H3,(H,9,11). The fourth-order valence-corrected chi connectivity index (χ4v) is 1.32. The first kappa shape index (κ1) is 13.4. The van der Waals surface area contributed by atoms with Crippen molar-refractivity contribution in [1.82, 2.24) is 10.0 Å². The van der Waals surface area contributed by atoms with Gasteiger partial charge in [-0.3, -0.25) is 4.79 Å². The Labute approximate surface area is 85.3 Å². The van der Waals surface area contributed by atoms with Crippen molar-refractivity contribution < 1.29 is 13.2 Å². The maximum Gasteiger partial charge on any atom is 0.222 e. The van der Waals surface area contributed by atoms with E-state index in [9.17, 15) is 13.2 Å². The van der Waals surface area contributed by atoms with Crippen LogP contribution < -0.4 is 10.0 Å². The maximum absolute atomic E-state index is 11.0. The van der Waals surface area contributed by atoms with E-state index < -0.39 is 10.0 Å². The van der Waals surface area contributed by atoms with Crippen molar-refractivity contribution in [3.63, 3.8) is 0 Å². The van der Waals surface area contributed by atoms with Crippen LogP contribution in [-0.4, -0.2) is 33.2 Å². The van der Waals surface area contributed by atoms with Gasteiger partial charge in [0.05, 0.1) is 5.75 Å². The molecule has 0 saturated carbocycles. The van der Waals surface area contributed by atoms with E-state index in [2.05, 4.69) is 10.0 Å². The third-order valence-corrected chi connectivity index (χ3v) is 3.05. The minimum absolute atomic E-state index is 0.0606. The van der Waals surface area contributed by atoms with E-state index in [0.29, 0.717) is 6.54 Å². The lowest BCUT2D eigenvalue weighted by molar-refractivity contribution is -0.123. The summed E-state index contributed by atoms with van der Waals surface area (Å²) in [5.41, 5.74) is 0. The molecule has 0 aliphatic rings. The Morgan fingerprint density at radius 1 is 1.29 bits per heavy atom. The van der Waals surface area contributed by atoms with Crippen molar-refractivity contribution >= 4 is 15.9 Å². The zero-order valence-electron chi connectivity index (χ0n) is 8.83. The van der Waals surface area contributed by atoms with Gasteiger partial charge in [0.25, 0.3) is 0 Å². The summed E-state index contributed by atoms with van der Waals surface area (Å²) in [6, 6.07) is 0. The van der Waals surface area contributed by atoms with Crippen LogP contribution in [0, 0.1) is 5.92 Å². The molecule has 0 spiro atoms. The Balaban J connectivity index is 3.63. The van der Waals surface area contributed by atoms with Gasteiger partial charge in [-0.15, -0.1) is 0 Å². The molecule has 5 nitrogen and oxygen atoms in total. The summed E-state index contributed by atoms with van der Waals surface area (Å²) < 4.78 is 24.3. The van der Waals surface area contributed by atoms with Gasteiger partial charge < -0.3 is 5.32 Å². The van der Waals surface area contributed by atoms with E-state index in [1.807, 2.05) is 0 Å². The van der Waals surface area contributed by atoms with E-state index in [0.717, 1.165) is 0 Å². The third kappa shape index (κ3) is 5.93.